The minimum absolute atomic E-state index is 0.152. The lowest BCUT2D eigenvalue weighted by Crippen LogP contribution is -2.42. The number of aryl methyl sites for hydroxylation is 1. The number of amides is 2. The average molecular weight is 354 g/mol. The van der Waals surface area contributed by atoms with E-state index in [1.54, 1.807) is 12.1 Å². The maximum atomic E-state index is 13.2. The van der Waals surface area contributed by atoms with Crippen LogP contribution in [-0.4, -0.2) is 52.0 Å². The van der Waals surface area contributed by atoms with Crippen molar-refractivity contribution in [3.05, 3.63) is 47.0 Å². The van der Waals surface area contributed by atoms with Gasteiger partial charge in [0.2, 0.25) is 0 Å². The molecule has 0 aliphatic carbocycles. The van der Waals surface area contributed by atoms with E-state index in [1.165, 1.54) is 12.1 Å². The molecule has 0 N–H and O–H groups in total. The molecule has 2 aromatic rings. The molecule has 4 rings (SSSR count). The topological polar surface area (TPSA) is 49.3 Å². The number of hydrogen-bond acceptors (Lipinski definition) is 3. The van der Waals surface area contributed by atoms with Crippen LogP contribution in [0.5, 0.6) is 0 Å². The first-order valence-corrected chi connectivity index (χ1v) is 9.28. The largest absolute Gasteiger partial charge is 0.325 e. The van der Waals surface area contributed by atoms with Crippen molar-refractivity contribution in [1.82, 2.24) is 19.8 Å². The molecule has 2 aliphatic heterocycles. The summed E-state index contributed by atoms with van der Waals surface area (Å²) in [5.41, 5.74) is 3.91. The van der Waals surface area contributed by atoms with E-state index in [9.17, 15) is 9.18 Å². The molecule has 0 bridgehead atoms. The molecule has 136 valence electrons. The molecule has 0 atom stereocenters. The number of nitrogens with zero attached hydrogens (tertiary/aromatic N) is 4. The Hall–Kier alpha value is -2.50. The van der Waals surface area contributed by atoms with E-state index < -0.39 is 0 Å². The smallest absolute Gasteiger partial charge is 0.320 e. The zero-order valence-electron chi connectivity index (χ0n) is 15.0. The molecule has 0 spiro atoms. The summed E-state index contributed by atoms with van der Waals surface area (Å²) in [6, 6.07) is 6.42. The molecule has 1 aromatic carbocycles. The molecule has 3 heterocycles. The number of urea groups is 1. The molecule has 2 amide bonds. The lowest BCUT2D eigenvalue weighted by Gasteiger charge is -2.26. The monoisotopic (exact) mass is 354 g/mol. The van der Waals surface area contributed by atoms with Crippen molar-refractivity contribution in [2.45, 2.75) is 32.6 Å². The number of hydrogen-bond donors (Lipinski definition) is 0. The van der Waals surface area contributed by atoms with E-state index in [0.717, 1.165) is 61.3 Å². The number of carbonyl (C=O) groups excluding carboxylic acids is 1. The maximum absolute atomic E-state index is 13.2. The highest BCUT2D eigenvalue weighted by molar-refractivity contribution is 5.75. The van der Waals surface area contributed by atoms with Gasteiger partial charge in [-0.3, -0.25) is 0 Å². The summed E-state index contributed by atoms with van der Waals surface area (Å²) in [5, 5.41) is 0. The van der Waals surface area contributed by atoms with Crippen LogP contribution in [0.25, 0.3) is 11.4 Å². The Morgan fingerprint density at radius 3 is 2.35 bits per heavy atom. The van der Waals surface area contributed by atoms with Crippen LogP contribution < -0.4 is 0 Å². The Morgan fingerprint density at radius 1 is 0.962 bits per heavy atom. The first-order valence-electron chi connectivity index (χ1n) is 9.28. The van der Waals surface area contributed by atoms with Crippen LogP contribution in [0.2, 0.25) is 0 Å². The first kappa shape index (κ1) is 16.9. The van der Waals surface area contributed by atoms with Crippen molar-refractivity contribution >= 4 is 6.03 Å². The van der Waals surface area contributed by atoms with Crippen molar-refractivity contribution < 1.29 is 9.18 Å². The molecule has 1 aromatic heterocycles. The summed E-state index contributed by atoms with van der Waals surface area (Å²) in [6.07, 6.45) is 3.72. The Bertz CT molecular complexity index is 815. The molecule has 26 heavy (non-hydrogen) atoms. The van der Waals surface area contributed by atoms with Gasteiger partial charge in [0.25, 0.3) is 0 Å². The summed E-state index contributed by atoms with van der Waals surface area (Å²) in [7, 11) is 0. The third-order valence-electron chi connectivity index (χ3n) is 5.30. The number of aromatic nitrogens is 2. The van der Waals surface area contributed by atoms with Crippen LogP contribution in [0.3, 0.4) is 0 Å². The third-order valence-corrected chi connectivity index (χ3v) is 5.30. The minimum atomic E-state index is -0.267. The molecule has 1 saturated heterocycles. The van der Waals surface area contributed by atoms with Crippen molar-refractivity contribution in [1.29, 1.82) is 0 Å². The van der Waals surface area contributed by atoms with Gasteiger partial charge in [0.15, 0.2) is 5.82 Å². The van der Waals surface area contributed by atoms with Gasteiger partial charge in [-0.15, -0.1) is 0 Å². The van der Waals surface area contributed by atoms with E-state index >= 15 is 0 Å². The van der Waals surface area contributed by atoms with E-state index in [4.69, 9.17) is 4.98 Å². The molecule has 0 saturated carbocycles. The molecule has 6 heteroatoms. The minimum Gasteiger partial charge on any atom is -0.325 e. The van der Waals surface area contributed by atoms with Crippen molar-refractivity contribution in [2.75, 3.05) is 26.2 Å². The number of carbonyl (C=O) groups is 1. The van der Waals surface area contributed by atoms with E-state index in [1.807, 2.05) is 16.7 Å². The predicted molar refractivity (Wildman–Crippen MR) is 97.3 cm³/mol. The number of halogens is 1. The predicted octanol–water partition coefficient (Wildman–Crippen LogP) is 3.21. The van der Waals surface area contributed by atoms with Crippen molar-refractivity contribution in [3.63, 3.8) is 0 Å². The second kappa shape index (κ2) is 7.02. The number of likely N-dealkylation sites (tertiary alicyclic amines) is 1. The second-order valence-electron chi connectivity index (χ2n) is 7.03. The van der Waals surface area contributed by atoms with Gasteiger partial charge < -0.3 is 9.80 Å². The molecular formula is C20H23FN4O. The van der Waals surface area contributed by atoms with Crippen LogP contribution >= 0.6 is 0 Å². The molecule has 5 nitrogen and oxygen atoms in total. The van der Waals surface area contributed by atoms with Crippen LogP contribution in [-0.2, 0) is 12.8 Å². The average Bonchev–Trinajstić information content (AvgIpc) is 3.09. The SMILES string of the molecule is Cc1nc(-c2ccc(F)cc2)nc2c1CCN(C(=O)N1CCCC1)CC2. The number of rotatable bonds is 1. The molecule has 2 aliphatic rings. The van der Waals surface area contributed by atoms with Crippen LogP contribution in [0.15, 0.2) is 24.3 Å². The van der Waals surface area contributed by atoms with Gasteiger partial charge in [-0.2, -0.15) is 0 Å². The van der Waals surface area contributed by atoms with Gasteiger partial charge in [-0.25, -0.2) is 19.2 Å². The summed E-state index contributed by atoms with van der Waals surface area (Å²) < 4.78 is 13.2. The number of fused-ring (bicyclic) bond motifs is 1. The van der Waals surface area contributed by atoms with E-state index in [0.29, 0.717) is 18.9 Å². The molecule has 1 fully saturated rings. The first-order chi connectivity index (χ1) is 12.6. The fourth-order valence-electron chi connectivity index (χ4n) is 3.81. The summed E-state index contributed by atoms with van der Waals surface area (Å²) in [6.45, 7) is 5.13. The summed E-state index contributed by atoms with van der Waals surface area (Å²) in [5.74, 6) is 0.358. The standard InChI is InChI=1S/C20H23FN4O/c1-14-17-8-12-25(20(26)24-10-2-3-11-24)13-9-18(17)23-19(22-14)15-4-6-16(21)7-5-15/h4-7H,2-3,8-13H2,1H3. The zero-order chi connectivity index (χ0) is 18.1. The van der Waals surface area contributed by atoms with Crippen LogP contribution in [0, 0.1) is 12.7 Å². The fraction of sp³-hybridized carbons (Fsp3) is 0.450. The maximum Gasteiger partial charge on any atom is 0.320 e. The molecule has 0 radical (unpaired) electrons. The third kappa shape index (κ3) is 3.28. The van der Waals surface area contributed by atoms with Gasteiger partial charge in [0.1, 0.15) is 5.82 Å². The summed E-state index contributed by atoms with van der Waals surface area (Å²) in [4.78, 5) is 26.0. The molecule has 0 unspecified atom stereocenters. The summed E-state index contributed by atoms with van der Waals surface area (Å²) >= 11 is 0. The number of benzene rings is 1. The Kier molecular flexibility index (Phi) is 4.57. The van der Waals surface area contributed by atoms with Gasteiger partial charge in [0, 0.05) is 49.6 Å². The van der Waals surface area contributed by atoms with Crippen molar-refractivity contribution in [3.8, 4) is 11.4 Å². The van der Waals surface area contributed by atoms with Gasteiger partial charge in [-0.05, 0) is 56.0 Å². The van der Waals surface area contributed by atoms with E-state index in [-0.39, 0.29) is 11.8 Å². The lowest BCUT2D eigenvalue weighted by atomic mass is 10.1. The second-order valence-corrected chi connectivity index (χ2v) is 7.03. The highest BCUT2D eigenvalue weighted by Gasteiger charge is 2.26. The van der Waals surface area contributed by atoms with Gasteiger partial charge >= 0.3 is 6.03 Å². The Morgan fingerprint density at radius 2 is 1.62 bits per heavy atom. The van der Waals surface area contributed by atoms with E-state index in [2.05, 4.69) is 4.98 Å². The normalized spacial score (nSPS) is 17.2. The molecular weight excluding hydrogens is 331 g/mol. The fourth-order valence-corrected chi connectivity index (χ4v) is 3.81. The lowest BCUT2D eigenvalue weighted by molar-refractivity contribution is 0.164. The van der Waals surface area contributed by atoms with Gasteiger partial charge in [-0.1, -0.05) is 0 Å². The quantitative estimate of drug-likeness (QED) is 0.790. The van der Waals surface area contributed by atoms with Crippen molar-refractivity contribution in [2.24, 2.45) is 0 Å². The van der Waals surface area contributed by atoms with Crippen LogP contribution in [0.1, 0.15) is 29.8 Å². The Balaban J connectivity index is 1.57. The highest BCUT2D eigenvalue weighted by Crippen LogP contribution is 2.23. The zero-order valence-corrected chi connectivity index (χ0v) is 15.0. The Labute approximate surface area is 152 Å². The van der Waals surface area contributed by atoms with Crippen LogP contribution in [0.4, 0.5) is 9.18 Å². The van der Waals surface area contributed by atoms with Gasteiger partial charge in [0.05, 0.1) is 0 Å². The highest BCUT2D eigenvalue weighted by atomic mass is 19.1.